The number of aromatic amines is 2. The lowest BCUT2D eigenvalue weighted by Gasteiger charge is -2.39. The number of nitrogens with two attached hydrogens (primary N) is 1. The number of anilines is 4. The maximum absolute atomic E-state index is 14.2. The van der Waals surface area contributed by atoms with Crippen LogP contribution in [0, 0.1) is 39.3 Å². The molecule has 0 spiro atoms. The minimum absolute atomic E-state index is 0.0235. The van der Waals surface area contributed by atoms with Crippen LogP contribution in [0.5, 0.6) is 0 Å². The molecule has 0 bridgehead atoms. The van der Waals surface area contributed by atoms with Crippen molar-refractivity contribution in [1.29, 1.82) is 0 Å². The molecular weight excluding hydrogens is 927 g/mol. The van der Waals surface area contributed by atoms with Crippen molar-refractivity contribution in [3.05, 3.63) is 130 Å². The quantitative estimate of drug-likeness (QED) is 0.0566. The summed E-state index contributed by atoms with van der Waals surface area (Å²) in [5.74, 6) is -0.555. The van der Waals surface area contributed by atoms with E-state index in [1.165, 1.54) is 24.3 Å². The van der Waals surface area contributed by atoms with Crippen LogP contribution in [0.3, 0.4) is 0 Å². The van der Waals surface area contributed by atoms with E-state index in [-0.39, 0.29) is 35.1 Å². The highest BCUT2D eigenvalue weighted by atomic mass is 19.1. The van der Waals surface area contributed by atoms with Crippen LogP contribution in [-0.2, 0) is 0 Å². The molecule has 4 aromatic heterocycles. The fourth-order valence-electron chi connectivity index (χ4n) is 10.3. The molecule has 4 heterocycles. The van der Waals surface area contributed by atoms with Gasteiger partial charge in [-0.2, -0.15) is 10.2 Å². The lowest BCUT2D eigenvalue weighted by Crippen LogP contribution is -2.51. The van der Waals surface area contributed by atoms with Gasteiger partial charge in [0.1, 0.15) is 11.6 Å². The van der Waals surface area contributed by atoms with Crippen LogP contribution in [0.25, 0.3) is 44.6 Å². The number of benzene rings is 4. The fourth-order valence-corrected chi connectivity index (χ4v) is 10.3. The van der Waals surface area contributed by atoms with E-state index in [1.54, 1.807) is 19.2 Å². The number of H-pyrrole nitrogens is 2. The summed E-state index contributed by atoms with van der Waals surface area (Å²) in [4.78, 5) is 44.5. The van der Waals surface area contributed by atoms with Gasteiger partial charge < -0.3 is 32.3 Å². The van der Waals surface area contributed by atoms with Gasteiger partial charge in [0.25, 0.3) is 11.8 Å². The largest absolute Gasteiger partial charge is 0.396 e. The molecule has 2 fully saturated rings. The lowest BCUT2D eigenvalue weighted by atomic mass is 9.80. The number of para-hydroxylation sites is 2. The van der Waals surface area contributed by atoms with Gasteiger partial charge in [0.05, 0.1) is 45.2 Å². The molecule has 0 unspecified atom stereocenters. The number of amides is 2. The van der Waals surface area contributed by atoms with Gasteiger partial charge in [0.2, 0.25) is 11.9 Å². The van der Waals surface area contributed by atoms with Gasteiger partial charge in [-0.1, -0.05) is 36.4 Å². The average molecular weight is 989 g/mol. The number of fused-ring (bicyclic) bond motifs is 2. The Morgan fingerprint density at radius 3 is 1.56 bits per heavy atom. The number of nitrogens with one attached hydrogen (secondary N) is 7. The summed E-state index contributed by atoms with van der Waals surface area (Å²) < 4.78 is 28.0. The number of carbonyl (C=O) groups excluding carboxylic acids is 2. The van der Waals surface area contributed by atoms with Crippen LogP contribution < -0.4 is 32.3 Å². The minimum Gasteiger partial charge on any atom is -0.396 e. The minimum atomic E-state index is -0.594. The van der Waals surface area contributed by atoms with E-state index in [1.807, 2.05) is 90.3 Å². The van der Waals surface area contributed by atoms with Crippen LogP contribution in [-0.4, -0.2) is 82.4 Å². The molecule has 378 valence electrons. The zero-order chi connectivity index (χ0) is 51.6. The van der Waals surface area contributed by atoms with E-state index >= 15 is 0 Å². The number of halogens is 2. The van der Waals surface area contributed by atoms with Gasteiger partial charge >= 0.3 is 0 Å². The van der Waals surface area contributed by atoms with Gasteiger partial charge in [-0.15, -0.1) is 0 Å². The monoisotopic (exact) mass is 989 g/mol. The van der Waals surface area contributed by atoms with Crippen LogP contribution in [0.4, 0.5) is 32.1 Å². The van der Waals surface area contributed by atoms with Crippen LogP contribution in [0.1, 0.15) is 108 Å². The molecule has 10 rings (SSSR count). The van der Waals surface area contributed by atoms with Gasteiger partial charge in [-0.25, -0.2) is 28.7 Å². The predicted octanol–water partition coefficient (Wildman–Crippen LogP) is 10.3. The Morgan fingerprint density at radius 2 is 1.11 bits per heavy atom. The van der Waals surface area contributed by atoms with Gasteiger partial charge in [0.15, 0.2) is 0 Å². The first-order valence-electron chi connectivity index (χ1n) is 24.7. The highest BCUT2D eigenvalue weighted by Gasteiger charge is 2.36. The molecular formula is C55H62F2N14O2. The van der Waals surface area contributed by atoms with Crippen molar-refractivity contribution in [2.24, 2.45) is 0 Å². The number of nitrogens with zero attached hydrogens (tertiary/aromatic N) is 6. The van der Waals surface area contributed by atoms with Crippen molar-refractivity contribution in [2.75, 3.05) is 28.7 Å². The summed E-state index contributed by atoms with van der Waals surface area (Å²) >= 11 is 0. The van der Waals surface area contributed by atoms with E-state index in [0.29, 0.717) is 36.0 Å². The molecule has 4 atom stereocenters. The maximum atomic E-state index is 14.2. The van der Waals surface area contributed by atoms with Crippen LogP contribution >= 0.6 is 0 Å². The Labute approximate surface area is 422 Å². The average Bonchev–Trinajstić information content (AvgIpc) is 4.00. The van der Waals surface area contributed by atoms with Crippen molar-refractivity contribution in [2.45, 2.75) is 116 Å². The summed E-state index contributed by atoms with van der Waals surface area (Å²) in [6, 6.07) is 21.0. The Bertz CT molecular complexity index is 3360. The third kappa shape index (κ3) is 10.9. The Hall–Kier alpha value is -8.02. The molecule has 0 radical (unpaired) electrons. The van der Waals surface area contributed by atoms with Crippen molar-refractivity contribution < 1.29 is 18.4 Å². The molecule has 2 saturated carbocycles. The lowest BCUT2D eigenvalue weighted by molar-refractivity contribution is 0.0869. The number of aryl methyl sites for hydroxylation is 4. The number of rotatable bonds is 11. The number of aromatic nitrogens is 8. The number of carbonyl (C=O) groups is 2. The molecule has 73 heavy (non-hydrogen) atoms. The highest BCUT2D eigenvalue weighted by Crippen LogP contribution is 2.35. The molecule has 2 amide bonds. The highest BCUT2D eigenvalue weighted by molar-refractivity contribution is 5.97. The van der Waals surface area contributed by atoms with E-state index < -0.39 is 22.7 Å². The van der Waals surface area contributed by atoms with Gasteiger partial charge in [-0.3, -0.25) is 19.8 Å². The zero-order valence-electron chi connectivity index (χ0n) is 42.2. The fraction of sp³-hybridized carbons (Fsp3) is 0.345. The number of nitrogen functional groups attached to an aromatic ring is 1. The Morgan fingerprint density at radius 1 is 0.644 bits per heavy atom. The molecule has 2 aliphatic rings. The summed E-state index contributed by atoms with van der Waals surface area (Å²) in [6.45, 7) is 12.1. The van der Waals surface area contributed by atoms with Crippen molar-refractivity contribution in [1.82, 2.24) is 51.0 Å². The second kappa shape index (κ2) is 20.6. The first kappa shape index (κ1) is 49.9. The van der Waals surface area contributed by atoms with Crippen molar-refractivity contribution >= 4 is 56.9 Å². The molecule has 0 saturated heterocycles. The van der Waals surface area contributed by atoms with E-state index in [9.17, 15) is 18.4 Å². The standard InChI is InChI=1S/C28H32FN7O.C27H30FN7O/c1-16-7-5-9-20-23(16)35-36-25(20)24-17(2)15-31-27(33-24)32-19-8-6-12-28(3,14-19)34-26(37)18-10-11-22(30-4)21(29)13-18;1-15-6-4-8-19-22(15)34-35-24(19)23-16(2)14-30-26(32-23)31-18-7-5-11-27(3,13-18)33-25(36)17-9-10-21(29)20(28)12-17/h5,7,9-11,13,15,19,30H,6,8,12,14H2,1-4H3,(H,34,37)(H,35,36)(H,31,32,33);4,6,8-10,12,14,18H,5,7,11,13,29H2,1-3H3,(H,33,36)(H,34,35)(H,30,31,32)/t19-,28+;18-,27+/m11/s1. The van der Waals surface area contributed by atoms with Crippen molar-refractivity contribution in [3.63, 3.8) is 0 Å². The smallest absolute Gasteiger partial charge is 0.251 e. The normalized spacial score (nSPS) is 19.7. The summed E-state index contributed by atoms with van der Waals surface area (Å²) in [6.07, 6.45) is 10.4. The Balaban J connectivity index is 0.000000180. The summed E-state index contributed by atoms with van der Waals surface area (Å²) in [5.41, 5.74) is 14.9. The number of hydrogen-bond acceptors (Lipinski definition) is 12. The summed E-state index contributed by atoms with van der Waals surface area (Å²) in [5, 5.41) is 33.3. The SMILES string of the molecule is CNc1ccc(C(=O)N[C@@]2(C)CCC[C@@H](Nc3ncc(C)c(-c4[nH]nc5c(C)cccc45)n3)C2)cc1F.Cc1cnc(N[C@@H]2CCC[C@](C)(NC(=O)c3ccc(N)c(F)c3)C2)nc1-c1[nH]nc2c(C)cccc12. The van der Waals surface area contributed by atoms with Crippen LogP contribution in [0.2, 0.25) is 0 Å². The molecule has 18 heteroatoms. The van der Waals surface area contributed by atoms with Gasteiger partial charge in [-0.05, 0) is 152 Å². The first-order valence-corrected chi connectivity index (χ1v) is 24.7. The Kier molecular flexibility index (Phi) is 14.1. The second-order valence-corrected chi connectivity index (χ2v) is 20.2. The van der Waals surface area contributed by atoms with Crippen molar-refractivity contribution in [3.8, 4) is 22.8 Å². The zero-order valence-corrected chi connectivity index (χ0v) is 42.2. The maximum Gasteiger partial charge on any atom is 0.251 e. The third-order valence-electron chi connectivity index (χ3n) is 14.2. The molecule has 4 aromatic carbocycles. The topological polar surface area (TPSA) is 229 Å². The summed E-state index contributed by atoms with van der Waals surface area (Å²) in [7, 11) is 1.65. The molecule has 2 aliphatic carbocycles. The van der Waals surface area contributed by atoms with E-state index in [4.69, 9.17) is 15.7 Å². The third-order valence-corrected chi connectivity index (χ3v) is 14.2. The molecule has 9 N–H and O–H groups in total. The second-order valence-electron chi connectivity index (χ2n) is 20.2. The van der Waals surface area contributed by atoms with E-state index in [2.05, 4.69) is 56.9 Å². The molecule has 16 nitrogen and oxygen atoms in total. The van der Waals surface area contributed by atoms with Gasteiger partial charge in [0, 0.05) is 64.5 Å². The number of hydrogen-bond donors (Lipinski definition) is 8. The van der Waals surface area contributed by atoms with Crippen LogP contribution in [0.15, 0.2) is 85.2 Å². The molecule has 8 aromatic rings. The van der Waals surface area contributed by atoms with E-state index in [0.717, 1.165) is 105 Å². The molecule has 0 aliphatic heterocycles. The first-order chi connectivity index (χ1) is 35.0. The predicted molar refractivity (Wildman–Crippen MR) is 283 cm³/mol.